The summed E-state index contributed by atoms with van der Waals surface area (Å²) in [7, 11) is 1.66. The molecule has 4 nitrogen and oxygen atoms in total. The summed E-state index contributed by atoms with van der Waals surface area (Å²) >= 11 is 6.82. The number of nitrogens with zero attached hydrogens (tertiary/aromatic N) is 2. The lowest BCUT2D eigenvalue weighted by atomic mass is 10.0. The molecule has 1 atom stereocenters. The van der Waals surface area contributed by atoms with Crippen molar-refractivity contribution in [2.75, 3.05) is 7.11 Å². The van der Waals surface area contributed by atoms with Crippen LogP contribution in [-0.4, -0.2) is 22.9 Å². The predicted octanol–water partition coefficient (Wildman–Crippen LogP) is 3.15. The summed E-state index contributed by atoms with van der Waals surface area (Å²) in [6.45, 7) is 0. The van der Waals surface area contributed by atoms with E-state index in [-0.39, 0.29) is 6.04 Å². The van der Waals surface area contributed by atoms with Crippen molar-refractivity contribution >= 4 is 34.4 Å². The van der Waals surface area contributed by atoms with Crippen LogP contribution in [0.1, 0.15) is 22.9 Å². The molecule has 0 saturated carbocycles. The Bertz CT molecular complexity index is 665. The molecular weight excluding hydrogens is 302 g/mol. The van der Waals surface area contributed by atoms with Gasteiger partial charge in [-0.05, 0) is 53.5 Å². The highest BCUT2D eigenvalue weighted by molar-refractivity contribution is 7.80. The van der Waals surface area contributed by atoms with Gasteiger partial charge in [-0.3, -0.25) is 0 Å². The maximum Gasteiger partial charge on any atom is 0.187 e. The summed E-state index contributed by atoms with van der Waals surface area (Å²) in [5, 5.41) is 8.69. The SMILES string of the molecule is COc1ccc(C2=NN(C(N)=S)[C@@H](c3cccs3)C2)cc1. The summed E-state index contributed by atoms with van der Waals surface area (Å²) in [6, 6.07) is 12.1. The van der Waals surface area contributed by atoms with E-state index >= 15 is 0 Å². The van der Waals surface area contributed by atoms with E-state index in [4.69, 9.17) is 22.7 Å². The zero-order valence-electron chi connectivity index (χ0n) is 11.5. The van der Waals surface area contributed by atoms with Crippen molar-refractivity contribution < 1.29 is 4.74 Å². The molecule has 6 heteroatoms. The molecular formula is C15H15N3OS2. The van der Waals surface area contributed by atoms with Gasteiger partial charge >= 0.3 is 0 Å². The summed E-state index contributed by atoms with van der Waals surface area (Å²) in [5.41, 5.74) is 7.87. The smallest absolute Gasteiger partial charge is 0.187 e. The molecule has 3 rings (SSSR count). The van der Waals surface area contributed by atoms with Gasteiger partial charge in [0.15, 0.2) is 5.11 Å². The Morgan fingerprint density at radius 3 is 2.71 bits per heavy atom. The molecule has 2 N–H and O–H groups in total. The normalized spacial score (nSPS) is 17.7. The van der Waals surface area contributed by atoms with E-state index in [9.17, 15) is 0 Å². The number of ether oxygens (including phenoxy) is 1. The molecule has 0 spiro atoms. The van der Waals surface area contributed by atoms with Crippen LogP contribution in [0.4, 0.5) is 0 Å². The molecule has 2 aromatic rings. The number of hydrogen-bond donors (Lipinski definition) is 1. The van der Waals surface area contributed by atoms with E-state index in [0.29, 0.717) is 5.11 Å². The molecule has 1 aromatic heterocycles. The van der Waals surface area contributed by atoms with Gasteiger partial charge in [0.05, 0.1) is 18.9 Å². The van der Waals surface area contributed by atoms with Crippen LogP contribution in [0, 0.1) is 0 Å². The lowest BCUT2D eigenvalue weighted by Crippen LogP contribution is -2.31. The van der Waals surface area contributed by atoms with Crippen molar-refractivity contribution in [3.63, 3.8) is 0 Å². The highest BCUT2D eigenvalue weighted by Crippen LogP contribution is 2.35. The molecule has 0 aliphatic carbocycles. The molecule has 1 aliphatic rings. The Morgan fingerprint density at radius 2 is 2.14 bits per heavy atom. The summed E-state index contributed by atoms with van der Waals surface area (Å²) in [4.78, 5) is 1.22. The Kier molecular flexibility index (Phi) is 3.90. The fourth-order valence-electron chi connectivity index (χ4n) is 2.37. The molecule has 0 unspecified atom stereocenters. The van der Waals surface area contributed by atoms with Crippen LogP contribution in [0.2, 0.25) is 0 Å². The molecule has 21 heavy (non-hydrogen) atoms. The van der Waals surface area contributed by atoms with Crippen LogP contribution in [-0.2, 0) is 0 Å². The van der Waals surface area contributed by atoms with E-state index in [1.807, 2.05) is 30.3 Å². The molecule has 0 amide bonds. The van der Waals surface area contributed by atoms with E-state index in [2.05, 4.69) is 16.5 Å². The lowest BCUT2D eigenvalue weighted by molar-refractivity contribution is 0.378. The van der Waals surface area contributed by atoms with Crippen LogP contribution < -0.4 is 10.5 Å². The van der Waals surface area contributed by atoms with Crippen molar-refractivity contribution in [2.45, 2.75) is 12.5 Å². The number of benzene rings is 1. The van der Waals surface area contributed by atoms with Crippen LogP contribution in [0.15, 0.2) is 46.9 Å². The summed E-state index contributed by atoms with van der Waals surface area (Å²) in [5.74, 6) is 0.832. The number of methoxy groups -OCH3 is 1. The molecule has 1 aliphatic heterocycles. The van der Waals surface area contributed by atoms with Crippen molar-refractivity contribution in [3.05, 3.63) is 52.2 Å². The predicted molar refractivity (Wildman–Crippen MR) is 89.8 cm³/mol. The molecule has 1 aromatic carbocycles. The van der Waals surface area contributed by atoms with E-state index in [1.165, 1.54) is 4.88 Å². The van der Waals surface area contributed by atoms with Gasteiger partial charge in [-0.15, -0.1) is 11.3 Å². The van der Waals surface area contributed by atoms with Crippen molar-refractivity contribution in [1.29, 1.82) is 0 Å². The van der Waals surface area contributed by atoms with Gasteiger partial charge in [0.1, 0.15) is 5.75 Å². The standard InChI is InChI=1S/C15H15N3OS2/c1-19-11-6-4-10(5-7-11)12-9-13(14-3-2-8-21-14)18(17-12)15(16)20/h2-8,13H,9H2,1H3,(H2,16,20)/t13-/m1/s1. The van der Waals surface area contributed by atoms with Crippen LogP contribution >= 0.6 is 23.6 Å². The Balaban J connectivity index is 1.89. The first-order valence-electron chi connectivity index (χ1n) is 6.53. The van der Waals surface area contributed by atoms with Gasteiger partial charge in [0.2, 0.25) is 0 Å². The van der Waals surface area contributed by atoms with Gasteiger partial charge in [0, 0.05) is 11.3 Å². The first-order valence-corrected chi connectivity index (χ1v) is 7.82. The average molecular weight is 317 g/mol. The van der Waals surface area contributed by atoms with Gasteiger partial charge < -0.3 is 10.5 Å². The Morgan fingerprint density at radius 1 is 1.38 bits per heavy atom. The zero-order valence-corrected chi connectivity index (χ0v) is 13.2. The Hall–Kier alpha value is -1.92. The average Bonchev–Trinajstić information content (AvgIpc) is 3.16. The van der Waals surface area contributed by atoms with E-state index in [1.54, 1.807) is 23.5 Å². The fourth-order valence-corrected chi connectivity index (χ4v) is 3.35. The summed E-state index contributed by atoms with van der Waals surface area (Å²) in [6.07, 6.45) is 0.796. The third kappa shape index (κ3) is 2.77. The quantitative estimate of drug-likeness (QED) is 0.884. The van der Waals surface area contributed by atoms with Crippen molar-refractivity contribution in [2.24, 2.45) is 10.8 Å². The first-order chi connectivity index (χ1) is 10.2. The number of rotatable bonds is 3. The van der Waals surface area contributed by atoms with Gasteiger partial charge in [-0.25, -0.2) is 5.01 Å². The van der Waals surface area contributed by atoms with Crippen LogP contribution in [0.3, 0.4) is 0 Å². The molecule has 0 radical (unpaired) electrons. The molecule has 2 heterocycles. The molecule has 108 valence electrons. The van der Waals surface area contributed by atoms with Gasteiger partial charge in [-0.1, -0.05) is 6.07 Å². The van der Waals surface area contributed by atoms with Crippen molar-refractivity contribution in [3.8, 4) is 5.75 Å². The highest BCUT2D eigenvalue weighted by atomic mass is 32.1. The minimum absolute atomic E-state index is 0.0969. The lowest BCUT2D eigenvalue weighted by Gasteiger charge is -2.20. The van der Waals surface area contributed by atoms with E-state index < -0.39 is 0 Å². The van der Waals surface area contributed by atoms with Crippen LogP contribution in [0.5, 0.6) is 5.75 Å². The monoisotopic (exact) mass is 317 g/mol. The maximum absolute atomic E-state index is 5.82. The minimum atomic E-state index is 0.0969. The zero-order chi connectivity index (χ0) is 14.8. The minimum Gasteiger partial charge on any atom is -0.497 e. The summed E-state index contributed by atoms with van der Waals surface area (Å²) < 4.78 is 5.18. The Labute approximate surface area is 132 Å². The second-order valence-corrected chi connectivity index (χ2v) is 6.09. The third-order valence-corrected chi connectivity index (χ3v) is 4.59. The second-order valence-electron chi connectivity index (χ2n) is 4.69. The van der Waals surface area contributed by atoms with Crippen molar-refractivity contribution in [1.82, 2.24) is 5.01 Å². The third-order valence-electron chi connectivity index (χ3n) is 3.43. The largest absolute Gasteiger partial charge is 0.497 e. The van der Waals surface area contributed by atoms with Gasteiger partial charge in [-0.2, -0.15) is 5.10 Å². The second kappa shape index (κ2) is 5.83. The number of nitrogens with two attached hydrogens (primary N) is 1. The van der Waals surface area contributed by atoms with Gasteiger partial charge in [0.25, 0.3) is 0 Å². The maximum atomic E-state index is 5.82. The van der Waals surface area contributed by atoms with E-state index in [0.717, 1.165) is 23.4 Å². The number of hydrogen-bond acceptors (Lipinski definition) is 4. The molecule has 0 bridgehead atoms. The topological polar surface area (TPSA) is 50.8 Å². The molecule has 0 fully saturated rings. The highest BCUT2D eigenvalue weighted by Gasteiger charge is 2.31. The number of thiophene rings is 1. The molecule has 0 saturated heterocycles. The fraction of sp³-hybridized carbons (Fsp3) is 0.200. The first kappa shape index (κ1) is 14.0. The van der Waals surface area contributed by atoms with Crippen LogP contribution in [0.25, 0.3) is 0 Å². The number of thiocarbonyl (C=S) groups is 1. The number of hydrazone groups is 1.